The second kappa shape index (κ2) is 14.0. The topological polar surface area (TPSA) is 177 Å². The lowest BCUT2D eigenvalue weighted by Gasteiger charge is -2.68. The lowest BCUT2D eigenvalue weighted by atomic mass is 9.34. The number of carboxylic acids is 2. The molecule has 0 heterocycles. The summed E-state index contributed by atoms with van der Waals surface area (Å²) in [6.45, 7) is 12.5. The van der Waals surface area contributed by atoms with Gasteiger partial charge in [-0.25, -0.2) is 0 Å². The van der Waals surface area contributed by atoms with E-state index in [0.29, 0.717) is 32.1 Å². The highest BCUT2D eigenvalue weighted by Crippen LogP contribution is 2.74. The smallest absolute Gasteiger partial charge is 0.303 e. The molecule has 0 bridgehead atoms. The van der Waals surface area contributed by atoms with Gasteiger partial charge in [-0.05, 0) is 121 Å². The minimum Gasteiger partial charge on any atom is -0.481 e. The van der Waals surface area contributed by atoms with Crippen LogP contribution in [0, 0.1) is 98.1 Å². The number of aliphatic carboxylic acids is 2. The number of carboxylic acid groups (broad SMARTS) is 2. The minimum absolute atomic E-state index is 0.00141. The molecule has 10 heteroatoms. The monoisotopic (exact) mass is 802 g/mol. The van der Waals surface area contributed by atoms with E-state index in [9.17, 15) is 43.8 Å². The van der Waals surface area contributed by atoms with Gasteiger partial charge >= 0.3 is 11.9 Å². The molecule has 8 fully saturated rings. The number of hydrogen-bond donors (Lipinski definition) is 2. The Morgan fingerprint density at radius 1 is 0.638 bits per heavy atom. The first kappa shape index (κ1) is 41.7. The average Bonchev–Trinajstić information content (AvgIpc) is 3.70. The number of hydrogen-bond acceptors (Lipinski definition) is 8. The van der Waals surface area contributed by atoms with Crippen molar-refractivity contribution >= 4 is 46.6 Å². The third kappa shape index (κ3) is 5.66. The van der Waals surface area contributed by atoms with Crippen LogP contribution in [0.25, 0.3) is 0 Å². The Kier molecular flexibility index (Phi) is 10.1. The lowest BCUT2D eigenvalue weighted by Crippen LogP contribution is -2.68. The summed E-state index contributed by atoms with van der Waals surface area (Å²) in [4.78, 5) is 110. The third-order valence-electron chi connectivity index (χ3n) is 20.4. The Labute approximate surface area is 343 Å². The van der Waals surface area contributed by atoms with Crippen molar-refractivity contribution in [3.63, 3.8) is 0 Å². The lowest BCUT2D eigenvalue weighted by molar-refractivity contribution is -0.202. The summed E-state index contributed by atoms with van der Waals surface area (Å²) in [5, 5.41) is 18.8. The summed E-state index contributed by atoms with van der Waals surface area (Å²) in [6, 6.07) is 0. The van der Waals surface area contributed by atoms with Crippen molar-refractivity contribution in [1.82, 2.24) is 0 Å². The minimum atomic E-state index is -0.950. The maximum absolute atomic E-state index is 15.0. The van der Waals surface area contributed by atoms with Crippen LogP contribution < -0.4 is 0 Å². The number of carbonyl (C=O) groups excluding carboxylic acids is 6. The predicted molar refractivity (Wildman–Crippen MR) is 212 cm³/mol. The fraction of sp³-hybridized carbons (Fsp3) is 0.833. The van der Waals surface area contributed by atoms with Gasteiger partial charge in [0, 0.05) is 86.4 Å². The van der Waals surface area contributed by atoms with Crippen LogP contribution in [0.1, 0.15) is 151 Å². The van der Waals surface area contributed by atoms with Gasteiger partial charge in [0.05, 0.1) is 0 Å². The van der Waals surface area contributed by atoms with Crippen molar-refractivity contribution in [2.24, 2.45) is 98.1 Å². The number of rotatable bonds is 9. The molecule has 0 aliphatic heterocycles. The molecular weight excluding hydrogens is 737 g/mol. The molecule has 58 heavy (non-hydrogen) atoms. The van der Waals surface area contributed by atoms with Gasteiger partial charge in [0.2, 0.25) is 0 Å². The van der Waals surface area contributed by atoms with Gasteiger partial charge in [-0.2, -0.15) is 0 Å². The maximum Gasteiger partial charge on any atom is 0.303 e. The van der Waals surface area contributed by atoms with Crippen LogP contribution in [0.5, 0.6) is 0 Å². The molecule has 8 saturated carbocycles. The van der Waals surface area contributed by atoms with Gasteiger partial charge in [-0.1, -0.05) is 41.5 Å². The molecule has 0 radical (unpaired) electrons. The fourth-order valence-corrected chi connectivity index (χ4v) is 17.2. The quantitative estimate of drug-likeness (QED) is 0.234. The molecule has 8 aliphatic rings. The molecule has 0 aromatic carbocycles. The van der Waals surface area contributed by atoms with Gasteiger partial charge in [0.25, 0.3) is 0 Å². The number of fused-ring (bicyclic) bond motifs is 10. The molecule has 0 aromatic heterocycles. The molecule has 10 nitrogen and oxygen atoms in total. The molecule has 0 amide bonds. The zero-order chi connectivity index (χ0) is 42.1. The molecule has 6 unspecified atom stereocenters. The van der Waals surface area contributed by atoms with Crippen LogP contribution >= 0.6 is 0 Å². The van der Waals surface area contributed by atoms with Crippen LogP contribution in [0.4, 0.5) is 0 Å². The van der Waals surface area contributed by atoms with Crippen molar-refractivity contribution in [2.75, 3.05) is 0 Å². The van der Waals surface area contributed by atoms with Gasteiger partial charge in [0.1, 0.15) is 34.7 Å². The van der Waals surface area contributed by atoms with E-state index in [0.717, 1.165) is 25.7 Å². The first-order valence-electron chi connectivity index (χ1n) is 22.7. The first-order chi connectivity index (χ1) is 27.1. The normalized spacial score (nSPS) is 48.2. The van der Waals surface area contributed by atoms with E-state index in [1.54, 1.807) is 0 Å². The summed E-state index contributed by atoms with van der Waals surface area (Å²) in [5.41, 5.74) is -3.55. The van der Waals surface area contributed by atoms with Gasteiger partial charge in [-0.15, -0.1) is 0 Å². The summed E-state index contributed by atoms with van der Waals surface area (Å²) in [7, 11) is 0. The van der Waals surface area contributed by atoms with E-state index in [2.05, 4.69) is 13.8 Å². The molecule has 0 aromatic rings. The Morgan fingerprint density at radius 2 is 1.14 bits per heavy atom. The summed E-state index contributed by atoms with van der Waals surface area (Å²) >= 11 is 0. The Bertz CT molecular complexity index is 1850. The van der Waals surface area contributed by atoms with Crippen molar-refractivity contribution in [2.45, 2.75) is 151 Å². The van der Waals surface area contributed by atoms with E-state index in [1.807, 2.05) is 27.7 Å². The second-order valence-corrected chi connectivity index (χ2v) is 22.2. The summed E-state index contributed by atoms with van der Waals surface area (Å²) < 4.78 is 0. The standard InChI is InChI=1S/C48H66O10/c1-24(7-13-40(55)56)28-9-11-30-42-32(19-38(53)46(28,30)5)44(3)22-34(35(50)17-26(44)18-36(42)51)48-21-27(49)15-16-45(48,4)33-20-39(54)47(6)29(25(2)8-14-41(57)58)10-12-31(47)43(33)37(52)23-48/h24-26,28-34,42-43H,7-23H2,1-6H3,(H,55,56)(H,57,58)/t24-,25-,26?,28-,29-,30?,31+,32?,33+,34?,42?,43+,44+,45-,46-,47-,48?/m1/s1. The third-order valence-corrected chi connectivity index (χ3v) is 20.4. The molecule has 8 aliphatic carbocycles. The highest BCUT2D eigenvalue weighted by atomic mass is 16.4. The first-order valence-corrected chi connectivity index (χ1v) is 22.7. The zero-order valence-corrected chi connectivity index (χ0v) is 35.6. The Hall–Kier alpha value is -3.04. The number of Topliss-reactive ketones (excluding diaryl/α,β-unsaturated/α-hetero) is 6. The number of carbonyl (C=O) groups is 8. The number of ketones is 6. The second-order valence-electron chi connectivity index (χ2n) is 22.2. The van der Waals surface area contributed by atoms with E-state index < -0.39 is 44.9 Å². The largest absolute Gasteiger partial charge is 0.481 e. The average molecular weight is 803 g/mol. The zero-order valence-electron chi connectivity index (χ0n) is 35.6. The molecule has 17 atom stereocenters. The van der Waals surface area contributed by atoms with Crippen molar-refractivity contribution in [3.05, 3.63) is 0 Å². The van der Waals surface area contributed by atoms with E-state index in [1.165, 1.54) is 0 Å². The van der Waals surface area contributed by atoms with Crippen LogP contribution in [-0.2, 0) is 38.4 Å². The Morgan fingerprint density at radius 3 is 1.67 bits per heavy atom. The van der Waals surface area contributed by atoms with Crippen LogP contribution in [0.3, 0.4) is 0 Å². The van der Waals surface area contributed by atoms with Gasteiger partial charge < -0.3 is 10.2 Å². The van der Waals surface area contributed by atoms with Crippen molar-refractivity contribution < 1.29 is 48.6 Å². The maximum atomic E-state index is 15.0. The van der Waals surface area contributed by atoms with E-state index >= 15 is 4.79 Å². The van der Waals surface area contributed by atoms with Gasteiger partial charge in [0.15, 0.2) is 0 Å². The van der Waals surface area contributed by atoms with Crippen molar-refractivity contribution in [1.29, 1.82) is 0 Å². The SMILES string of the molecule is C[C@H](CCC(=O)O)[C@H]1CC[C@H]2[C@@H]3C(=O)CC4(C5C[C@@]6(C)C(CC(=O)C7C6CC(=O)[C@@]6(C)C7CC[C@@H]6[C@H](C)CCC(=O)O)CC5=O)CC(=O)CC[C@]4(C)[C@H]3CC(=O)[C@]12C. The molecule has 0 spiro atoms. The molecule has 318 valence electrons. The van der Waals surface area contributed by atoms with E-state index in [-0.39, 0.29) is 151 Å². The van der Waals surface area contributed by atoms with Crippen LogP contribution in [-0.4, -0.2) is 56.9 Å². The highest BCUT2D eigenvalue weighted by molar-refractivity contribution is 5.96. The predicted octanol–water partition coefficient (Wildman–Crippen LogP) is 7.76. The summed E-state index contributed by atoms with van der Waals surface area (Å²) in [5.74, 6) is -3.46. The van der Waals surface area contributed by atoms with E-state index in [4.69, 9.17) is 0 Å². The van der Waals surface area contributed by atoms with Crippen LogP contribution in [0.15, 0.2) is 0 Å². The Balaban J connectivity index is 1.12. The molecular formula is C48H66O10. The molecule has 2 N–H and O–H groups in total. The fourth-order valence-electron chi connectivity index (χ4n) is 17.2. The molecule has 8 rings (SSSR count). The summed E-state index contributed by atoms with van der Waals surface area (Å²) in [6.07, 6.45) is 6.54. The highest BCUT2D eigenvalue weighted by Gasteiger charge is 2.74. The van der Waals surface area contributed by atoms with Crippen molar-refractivity contribution in [3.8, 4) is 0 Å². The van der Waals surface area contributed by atoms with Crippen LogP contribution in [0.2, 0.25) is 0 Å². The molecule has 0 saturated heterocycles. The van der Waals surface area contributed by atoms with Gasteiger partial charge in [-0.3, -0.25) is 38.4 Å².